The predicted octanol–water partition coefficient (Wildman–Crippen LogP) is 4.36. The lowest BCUT2D eigenvalue weighted by molar-refractivity contribution is -0.0979. The normalized spacial score (nSPS) is 9.16. The van der Waals surface area contributed by atoms with Crippen molar-refractivity contribution in [2.24, 2.45) is 0 Å². The van der Waals surface area contributed by atoms with Gasteiger partial charge in [-0.1, -0.05) is 51.5 Å². The van der Waals surface area contributed by atoms with E-state index in [2.05, 4.69) is 45.0 Å². The second-order valence-electron chi connectivity index (χ2n) is 4.32. The quantitative estimate of drug-likeness (QED) is 0.860. The molecule has 0 aliphatic heterocycles. The molecule has 0 heterocycles. The molecule has 1 N–H and O–H groups in total. The van der Waals surface area contributed by atoms with Gasteiger partial charge in [-0.25, -0.2) is 0 Å². The molecule has 2 nitrogen and oxygen atoms in total. The van der Waals surface area contributed by atoms with Gasteiger partial charge in [0.15, 0.2) is 0 Å². The molecule has 0 unspecified atom stereocenters. The van der Waals surface area contributed by atoms with Crippen LogP contribution in [0.15, 0.2) is 24.3 Å². The van der Waals surface area contributed by atoms with Gasteiger partial charge in [0.1, 0.15) is 6.79 Å². The summed E-state index contributed by atoms with van der Waals surface area (Å²) in [5, 5.41) is 7.57. The smallest absolute Gasteiger partial charge is 0.106 e. The van der Waals surface area contributed by atoms with Crippen LogP contribution in [-0.2, 0) is 11.2 Å². The highest BCUT2D eigenvalue weighted by molar-refractivity contribution is 5.26. The van der Waals surface area contributed by atoms with E-state index in [0.29, 0.717) is 0 Å². The van der Waals surface area contributed by atoms with Gasteiger partial charge in [-0.15, -0.1) is 0 Å². The van der Waals surface area contributed by atoms with Gasteiger partial charge in [0.05, 0.1) is 0 Å². The lowest BCUT2D eigenvalue weighted by atomic mass is 9.92. The number of rotatable bonds is 5. The summed E-state index contributed by atoms with van der Waals surface area (Å²) in [6.07, 6.45) is 4.97. The van der Waals surface area contributed by atoms with Gasteiger partial charge >= 0.3 is 0 Å². The van der Waals surface area contributed by atoms with E-state index in [1.54, 1.807) is 6.92 Å². The maximum Gasteiger partial charge on any atom is 0.106 e. The molecule has 19 heavy (non-hydrogen) atoms. The minimum Gasteiger partial charge on any atom is -0.397 e. The molecule has 0 aliphatic carbocycles. The SMILES string of the molecule is C=O.CCCc1cccc(C(CC)CC)c1.CCO. The molecule has 0 aliphatic rings. The van der Waals surface area contributed by atoms with E-state index in [4.69, 9.17) is 9.90 Å². The monoisotopic (exact) mass is 266 g/mol. The number of hydrogen-bond donors (Lipinski definition) is 1. The Bertz CT molecular complexity index is 293. The van der Waals surface area contributed by atoms with Crippen LogP contribution in [0.4, 0.5) is 0 Å². The second kappa shape index (κ2) is 14.9. The summed E-state index contributed by atoms with van der Waals surface area (Å²) in [5.74, 6) is 0.756. The number of aliphatic hydroxyl groups is 1. The number of hydrogen-bond acceptors (Lipinski definition) is 2. The van der Waals surface area contributed by atoms with Gasteiger partial charge in [0, 0.05) is 6.61 Å². The summed E-state index contributed by atoms with van der Waals surface area (Å²) in [7, 11) is 0. The van der Waals surface area contributed by atoms with Crippen molar-refractivity contribution < 1.29 is 9.90 Å². The molecular formula is C17H30O2. The van der Waals surface area contributed by atoms with E-state index in [1.807, 2.05) is 6.79 Å². The Balaban J connectivity index is 0. The van der Waals surface area contributed by atoms with Gasteiger partial charge < -0.3 is 9.90 Å². The van der Waals surface area contributed by atoms with Crippen molar-refractivity contribution in [3.8, 4) is 0 Å². The summed E-state index contributed by atoms with van der Waals surface area (Å²) in [5.41, 5.74) is 3.03. The molecular weight excluding hydrogens is 236 g/mol. The van der Waals surface area contributed by atoms with E-state index in [1.165, 1.54) is 36.8 Å². The Labute approximate surface area is 118 Å². The van der Waals surface area contributed by atoms with E-state index in [9.17, 15) is 0 Å². The van der Waals surface area contributed by atoms with Crippen LogP contribution in [0.3, 0.4) is 0 Å². The largest absolute Gasteiger partial charge is 0.397 e. The Morgan fingerprint density at radius 3 is 2.05 bits per heavy atom. The molecule has 0 radical (unpaired) electrons. The van der Waals surface area contributed by atoms with Crippen molar-refractivity contribution >= 4 is 6.79 Å². The third-order valence-corrected chi connectivity index (χ3v) is 2.95. The summed E-state index contributed by atoms with van der Waals surface area (Å²) in [6, 6.07) is 9.12. The molecule has 2 heteroatoms. The topological polar surface area (TPSA) is 37.3 Å². The molecule has 0 saturated carbocycles. The second-order valence-corrected chi connectivity index (χ2v) is 4.32. The third-order valence-electron chi connectivity index (χ3n) is 2.95. The van der Waals surface area contributed by atoms with E-state index >= 15 is 0 Å². The highest BCUT2D eigenvalue weighted by Gasteiger charge is 2.06. The molecule has 0 bridgehead atoms. The number of carbonyl (C=O) groups is 1. The summed E-state index contributed by atoms with van der Waals surface area (Å²) >= 11 is 0. The average Bonchev–Trinajstić information content (AvgIpc) is 2.44. The fourth-order valence-electron chi connectivity index (χ4n) is 2.05. The predicted molar refractivity (Wildman–Crippen MR) is 83.6 cm³/mol. The lowest BCUT2D eigenvalue weighted by Crippen LogP contribution is -1.96. The molecule has 0 fully saturated rings. The Kier molecular flexibility index (Phi) is 15.8. The maximum atomic E-state index is 8.00. The number of benzene rings is 1. The molecule has 1 rings (SSSR count). The van der Waals surface area contributed by atoms with Crippen LogP contribution in [0.5, 0.6) is 0 Å². The van der Waals surface area contributed by atoms with Crippen molar-refractivity contribution in [1.82, 2.24) is 0 Å². The van der Waals surface area contributed by atoms with Crippen LogP contribution in [0.2, 0.25) is 0 Å². The van der Waals surface area contributed by atoms with Gasteiger partial charge in [-0.2, -0.15) is 0 Å². The molecule has 0 aromatic heterocycles. The average molecular weight is 266 g/mol. The van der Waals surface area contributed by atoms with Gasteiger partial charge in [-0.3, -0.25) is 0 Å². The van der Waals surface area contributed by atoms with E-state index in [-0.39, 0.29) is 6.61 Å². The van der Waals surface area contributed by atoms with Crippen molar-refractivity contribution in [2.75, 3.05) is 6.61 Å². The number of carbonyl (C=O) groups excluding carboxylic acids is 1. The minimum absolute atomic E-state index is 0.250. The Hall–Kier alpha value is -1.15. The van der Waals surface area contributed by atoms with Crippen LogP contribution >= 0.6 is 0 Å². The summed E-state index contributed by atoms with van der Waals surface area (Å²) in [6.45, 7) is 10.7. The van der Waals surface area contributed by atoms with Crippen molar-refractivity contribution in [3.63, 3.8) is 0 Å². The van der Waals surface area contributed by atoms with Gasteiger partial charge in [0.25, 0.3) is 0 Å². The summed E-state index contributed by atoms with van der Waals surface area (Å²) < 4.78 is 0. The first-order valence-corrected chi connectivity index (χ1v) is 7.21. The molecule has 0 spiro atoms. The number of aryl methyl sites for hydroxylation is 1. The van der Waals surface area contributed by atoms with Crippen LogP contribution < -0.4 is 0 Å². The third kappa shape index (κ3) is 9.43. The Morgan fingerprint density at radius 1 is 1.11 bits per heavy atom. The minimum atomic E-state index is 0.250. The molecule has 0 saturated heterocycles. The molecule has 0 amide bonds. The zero-order valence-electron chi connectivity index (χ0n) is 13.0. The highest BCUT2D eigenvalue weighted by Crippen LogP contribution is 2.23. The zero-order valence-corrected chi connectivity index (χ0v) is 13.0. The van der Waals surface area contributed by atoms with Crippen molar-refractivity contribution in [1.29, 1.82) is 0 Å². The highest BCUT2D eigenvalue weighted by atomic mass is 16.2. The van der Waals surface area contributed by atoms with E-state index < -0.39 is 0 Å². The maximum absolute atomic E-state index is 8.00. The van der Waals surface area contributed by atoms with Gasteiger partial charge in [0.2, 0.25) is 0 Å². The van der Waals surface area contributed by atoms with Crippen LogP contribution in [0, 0.1) is 0 Å². The van der Waals surface area contributed by atoms with Crippen LogP contribution in [0.25, 0.3) is 0 Å². The van der Waals surface area contributed by atoms with Gasteiger partial charge in [-0.05, 0) is 43.2 Å². The summed E-state index contributed by atoms with van der Waals surface area (Å²) in [4.78, 5) is 8.00. The standard InChI is InChI=1S/C14H22.C2H6O.CH2O/c1-4-8-12-9-7-10-14(11-12)13(5-2)6-3;1-2-3;1-2/h7,9-11,13H,4-6,8H2,1-3H3;3H,2H2,1H3;1H2. The molecule has 0 atom stereocenters. The first-order valence-electron chi connectivity index (χ1n) is 7.21. The fraction of sp³-hybridized carbons (Fsp3) is 0.588. The number of aliphatic hydroxyl groups excluding tert-OH is 1. The fourth-order valence-corrected chi connectivity index (χ4v) is 2.05. The first-order chi connectivity index (χ1) is 9.23. The molecule has 1 aromatic rings. The van der Waals surface area contributed by atoms with Crippen LogP contribution in [-0.4, -0.2) is 18.5 Å². The lowest BCUT2D eigenvalue weighted by Gasteiger charge is -2.13. The van der Waals surface area contributed by atoms with E-state index in [0.717, 1.165) is 5.92 Å². The van der Waals surface area contributed by atoms with Crippen LogP contribution in [0.1, 0.15) is 64.0 Å². The Morgan fingerprint density at radius 2 is 1.63 bits per heavy atom. The van der Waals surface area contributed by atoms with Crippen molar-refractivity contribution in [3.05, 3.63) is 35.4 Å². The van der Waals surface area contributed by atoms with Crippen molar-refractivity contribution in [2.45, 2.75) is 59.3 Å². The zero-order chi connectivity index (χ0) is 15.1. The first kappa shape index (κ1) is 20.2. The molecule has 110 valence electrons. The molecule has 1 aromatic carbocycles.